The molecule has 0 saturated carbocycles. The molecule has 6 aromatic carbocycles. The van der Waals surface area contributed by atoms with E-state index in [2.05, 4.69) is 144 Å². The molecule has 4 heterocycles. The number of para-hydroxylation sites is 2. The molecular formula is C44H36N2O2. The van der Waals surface area contributed by atoms with Crippen molar-refractivity contribution in [3.05, 3.63) is 144 Å². The Hall–Kier alpha value is -5.16. The Labute approximate surface area is 279 Å². The van der Waals surface area contributed by atoms with Crippen LogP contribution in [0.2, 0.25) is 0 Å². The molecule has 0 unspecified atom stereocenters. The molecule has 4 nitrogen and oxygen atoms in total. The summed E-state index contributed by atoms with van der Waals surface area (Å²) < 4.78 is 15.8. The number of ether oxygens (including phenoxy) is 2. The van der Waals surface area contributed by atoms with E-state index in [1.165, 1.54) is 88.4 Å². The highest BCUT2D eigenvalue weighted by molar-refractivity contribution is 6.10. The first-order valence-electron chi connectivity index (χ1n) is 17.1. The van der Waals surface area contributed by atoms with Gasteiger partial charge in [0.2, 0.25) is 0 Å². The van der Waals surface area contributed by atoms with Crippen LogP contribution in [0.3, 0.4) is 0 Å². The first kappa shape index (κ1) is 27.9. The molecule has 2 aromatic heterocycles. The van der Waals surface area contributed by atoms with Crippen LogP contribution in [-0.2, 0) is 9.47 Å². The van der Waals surface area contributed by atoms with Crippen LogP contribution < -0.4 is 0 Å². The third kappa shape index (κ3) is 4.16. The van der Waals surface area contributed by atoms with Crippen molar-refractivity contribution >= 4 is 43.6 Å². The third-order valence-corrected chi connectivity index (χ3v) is 10.8. The molecule has 2 fully saturated rings. The van der Waals surface area contributed by atoms with E-state index in [0.29, 0.717) is 11.8 Å². The first-order chi connectivity index (χ1) is 23.6. The van der Waals surface area contributed by atoms with Crippen molar-refractivity contribution in [3.63, 3.8) is 0 Å². The molecule has 2 aliphatic rings. The molecule has 48 heavy (non-hydrogen) atoms. The highest BCUT2D eigenvalue weighted by Gasteiger charge is 2.24. The topological polar surface area (TPSA) is 28.3 Å². The van der Waals surface area contributed by atoms with Crippen molar-refractivity contribution in [1.82, 2.24) is 9.13 Å². The SMILES string of the molecule is Cc1cc(-n2c3ccccc3c3cc(C4COC4)ccc32)ccc1-c1ccc(-n2c3ccccc3c3cc(C4COC4)ccc32)cc1C. The predicted octanol–water partition coefficient (Wildman–Crippen LogP) is 10.4. The minimum Gasteiger partial charge on any atom is -0.380 e. The van der Waals surface area contributed by atoms with Crippen LogP contribution >= 0.6 is 0 Å². The van der Waals surface area contributed by atoms with Gasteiger partial charge in [-0.3, -0.25) is 0 Å². The van der Waals surface area contributed by atoms with Crippen LogP contribution in [0, 0.1) is 13.8 Å². The fourth-order valence-corrected chi connectivity index (χ4v) is 8.08. The van der Waals surface area contributed by atoms with Gasteiger partial charge in [-0.25, -0.2) is 0 Å². The van der Waals surface area contributed by atoms with E-state index in [1.54, 1.807) is 0 Å². The van der Waals surface area contributed by atoms with Gasteiger partial charge >= 0.3 is 0 Å². The highest BCUT2D eigenvalue weighted by Crippen LogP contribution is 2.39. The van der Waals surface area contributed by atoms with Crippen LogP contribution in [0.15, 0.2) is 121 Å². The zero-order valence-electron chi connectivity index (χ0n) is 27.2. The lowest BCUT2D eigenvalue weighted by Gasteiger charge is -2.26. The molecule has 0 N–H and O–H groups in total. The number of rotatable bonds is 5. The number of aromatic nitrogens is 2. The van der Waals surface area contributed by atoms with E-state index in [-0.39, 0.29) is 0 Å². The summed E-state index contributed by atoms with van der Waals surface area (Å²) in [5, 5.41) is 5.20. The maximum atomic E-state index is 5.50. The Morgan fingerprint density at radius 2 is 0.854 bits per heavy atom. The summed E-state index contributed by atoms with van der Waals surface area (Å²) in [6.07, 6.45) is 0. The summed E-state index contributed by atoms with van der Waals surface area (Å²) in [4.78, 5) is 0. The third-order valence-electron chi connectivity index (χ3n) is 10.8. The predicted molar refractivity (Wildman–Crippen MR) is 197 cm³/mol. The van der Waals surface area contributed by atoms with Crippen LogP contribution in [-0.4, -0.2) is 35.6 Å². The molecular weight excluding hydrogens is 588 g/mol. The smallest absolute Gasteiger partial charge is 0.0557 e. The van der Waals surface area contributed by atoms with Crippen molar-refractivity contribution < 1.29 is 9.47 Å². The maximum Gasteiger partial charge on any atom is 0.0557 e. The Morgan fingerprint density at radius 1 is 0.438 bits per heavy atom. The normalized spacial score (nSPS) is 15.5. The Bertz CT molecular complexity index is 2380. The minimum absolute atomic E-state index is 0.503. The Balaban J connectivity index is 1.05. The van der Waals surface area contributed by atoms with E-state index in [4.69, 9.17) is 9.47 Å². The maximum absolute atomic E-state index is 5.50. The lowest BCUT2D eigenvalue weighted by molar-refractivity contribution is 0.00842. The summed E-state index contributed by atoms with van der Waals surface area (Å²) in [5.41, 5.74) is 15.2. The van der Waals surface area contributed by atoms with Gasteiger partial charge in [0.05, 0.1) is 48.5 Å². The van der Waals surface area contributed by atoms with Crippen molar-refractivity contribution in [2.75, 3.05) is 26.4 Å². The summed E-state index contributed by atoms with van der Waals surface area (Å²) in [7, 11) is 0. The van der Waals surface area contributed by atoms with Gasteiger partial charge in [-0.15, -0.1) is 0 Å². The van der Waals surface area contributed by atoms with Gasteiger partial charge in [-0.1, -0.05) is 60.7 Å². The van der Waals surface area contributed by atoms with Gasteiger partial charge in [0.25, 0.3) is 0 Å². The van der Waals surface area contributed by atoms with Crippen LogP contribution in [0.4, 0.5) is 0 Å². The molecule has 0 radical (unpaired) electrons. The van der Waals surface area contributed by atoms with E-state index in [1.807, 2.05) is 0 Å². The second kappa shape index (κ2) is 10.7. The van der Waals surface area contributed by atoms with Crippen molar-refractivity contribution in [2.45, 2.75) is 25.7 Å². The summed E-state index contributed by atoms with van der Waals surface area (Å²) in [5.74, 6) is 1.01. The van der Waals surface area contributed by atoms with Gasteiger partial charge in [0.1, 0.15) is 0 Å². The first-order valence-corrected chi connectivity index (χ1v) is 17.1. The van der Waals surface area contributed by atoms with Gasteiger partial charge in [0.15, 0.2) is 0 Å². The second-order valence-corrected chi connectivity index (χ2v) is 13.7. The number of hydrogen-bond donors (Lipinski definition) is 0. The van der Waals surface area contributed by atoms with Crippen molar-refractivity contribution in [1.29, 1.82) is 0 Å². The fourth-order valence-electron chi connectivity index (χ4n) is 8.08. The molecule has 0 bridgehead atoms. The molecule has 0 spiro atoms. The molecule has 0 atom stereocenters. The van der Waals surface area contributed by atoms with Gasteiger partial charge < -0.3 is 18.6 Å². The van der Waals surface area contributed by atoms with Gasteiger partial charge in [0, 0.05) is 44.8 Å². The number of benzene rings is 6. The highest BCUT2D eigenvalue weighted by atomic mass is 16.5. The minimum atomic E-state index is 0.503. The molecule has 2 saturated heterocycles. The molecule has 8 aromatic rings. The fraction of sp³-hybridized carbons (Fsp3) is 0.182. The van der Waals surface area contributed by atoms with E-state index in [0.717, 1.165) is 26.4 Å². The van der Waals surface area contributed by atoms with Crippen LogP contribution in [0.5, 0.6) is 0 Å². The van der Waals surface area contributed by atoms with Gasteiger partial charge in [-0.2, -0.15) is 0 Å². The Kier molecular flexibility index (Phi) is 6.21. The van der Waals surface area contributed by atoms with Crippen molar-refractivity contribution in [3.8, 4) is 22.5 Å². The zero-order chi connectivity index (χ0) is 31.9. The van der Waals surface area contributed by atoms with Crippen molar-refractivity contribution in [2.24, 2.45) is 0 Å². The number of nitrogens with zero attached hydrogens (tertiary/aromatic N) is 2. The molecule has 0 amide bonds. The van der Waals surface area contributed by atoms with Crippen LogP contribution in [0.1, 0.15) is 34.1 Å². The number of hydrogen-bond acceptors (Lipinski definition) is 2. The standard InChI is InChI=1S/C44H36N2O2/c1-27-19-33(45-41-9-5-3-7-37(41)39-21-29(11-17-43(39)45)31-23-47-24-31)13-15-35(27)36-16-14-34(20-28(36)2)46-42-10-6-4-8-38(42)40-22-30(12-18-44(40)46)32-25-48-26-32/h3-22,31-32H,23-26H2,1-2H3. The lowest BCUT2D eigenvalue weighted by atomic mass is 9.95. The van der Waals surface area contributed by atoms with E-state index in [9.17, 15) is 0 Å². The van der Waals surface area contributed by atoms with Crippen LogP contribution in [0.25, 0.3) is 66.1 Å². The molecule has 0 aliphatic carbocycles. The molecule has 234 valence electrons. The average molecular weight is 625 g/mol. The number of fused-ring (bicyclic) bond motifs is 6. The lowest BCUT2D eigenvalue weighted by Crippen LogP contribution is -2.24. The monoisotopic (exact) mass is 624 g/mol. The molecule has 2 aliphatic heterocycles. The van der Waals surface area contributed by atoms with E-state index < -0.39 is 0 Å². The van der Waals surface area contributed by atoms with Gasteiger partial charge in [-0.05, 0) is 108 Å². The number of aryl methyl sites for hydroxylation is 2. The molecule has 10 rings (SSSR count). The summed E-state index contributed by atoms with van der Waals surface area (Å²) in [6.45, 7) is 7.77. The van der Waals surface area contributed by atoms with E-state index >= 15 is 0 Å². The molecule has 4 heteroatoms. The summed E-state index contributed by atoms with van der Waals surface area (Å²) >= 11 is 0. The second-order valence-electron chi connectivity index (χ2n) is 13.7. The average Bonchev–Trinajstić information content (AvgIpc) is 3.56. The Morgan fingerprint density at radius 3 is 1.25 bits per heavy atom. The zero-order valence-corrected chi connectivity index (χ0v) is 27.2. The largest absolute Gasteiger partial charge is 0.380 e. The summed E-state index contributed by atoms with van der Waals surface area (Å²) in [6, 6.07) is 45.4. The quantitative estimate of drug-likeness (QED) is 0.191.